The molecule has 0 saturated carbocycles. The molecule has 0 unspecified atom stereocenters. The van der Waals surface area contributed by atoms with Gasteiger partial charge in [0.1, 0.15) is 11.0 Å². The van der Waals surface area contributed by atoms with Crippen molar-refractivity contribution in [2.75, 3.05) is 0 Å². The Morgan fingerprint density at radius 1 is 1.39 bits per heavy atom. The number of hydrogen-bond donors (Lipinski definition) is 0. The molecule has 0 N–H and O–H groups in total. The van der Waals surface area contributed by atoms with Crippen molar-refractivity contribution in [2.45, 2.75) is 26.3 Å². The fourth-order valence-electron chi connectivity index (χ4n) is 1.69. The molecule has 96 valence electrons. The van der Waals surface area contributed by atoms with Crippen LogP contribution in [0.1, 0.15) is 30.5 Å². The second-order valence-corrected chi connectivity index (χ2v) is 6.41. The van der Waals surface area contributed by atoms with Crippen LogP contribution in [0.4, 0.5) is 0 Å². The first kappa shape index (κ1) is 13.6. The molecule has 0 atom stereocenters. The number of nitrogens with zero attached hydrogens (tertiary/aromatic N) is 2. The molecule has 3 nitrogen and oxygen atoms in total. The summed E-state index contributed by atoms with van der Waals surface area (Å²) in [6, 6.07) is 5.08. The molecule has 0 radical (unpaired) electrons. The summed E-state index contributed by atoms with van der Waals surface area (Å²) in [6.45, 7) is 4.44. The lowest BCUT2D eigenvalue weighted by Gasteiger charge is -2.13. The van der Waals surface area contributed by atoms with Crippen LogP contribution in [0.15, 0.2) is 23.0 Å². The molecule has 0 aliphatic carbocycles. The van der Waals surface area contributed by atoms with Crippen LogP contribution in [0, 0.1) is 0 Å². The van der Waals surface area contributed by atoms with E-state index in [0.717, 1.165) is 4.88 Å². The minimum atomic E-state index is -0.136. The Labute approximate surface area is 119 Å². The summed E-state index contributed by atoms with van der Waals surface area (Å²) in [5.74, 6) is 0.823. The van der Waals surface area contributed by atoms with Crippen LogP contribution in [-0.2, 0) is 6.54 Å². The molecule has 2 rings (SSSR count). The zero-order valence-corrected chi connectivity index (χ0v) is 12.3. The minimum absolute atomic E-state index is 0.131. The molecule has 0 saturated heterocycles. The highest BCUT2D eigenvalue weighted by molar-refractivity contribution is 7.16. The smallest absolute Gasteiger partial charge is 0.255 e. The van der Waals surface area contributed by atoms with E-state index in [0.29, 0.717) is 16.7 Å². The highest BCUT2D eigenvalue weighted by atomic mass is 35.5. The van der Waals surface area contributed by atoms with E-state index in [-0.39, 0.29) is 16.6 Å². The third-order valence-corrected chi connectivity index (χ3v) is 3.88. The van der Waals surface area contributed by atoms with Crippen LogP contribution in [0.3, 0.4) is 0 Å². The number of halogens is 2. The molecule has 0 fully saturated rings. The largest absolute Gasteiger partial charge is 0.291 e. The molecule has 6 heteroatoms. The van der Waals surface area contributed by atoms with Crippen LogP contribution in [0.25, 0.3) is 0 Å². The lowest BCUT2D eigenvalue weighted by molar-refractivity contribution is 0.629. The maximum absolute atomic E-state index is 12.0. The highest BCUT2D eigenvalue weighted by Crippen LogP contribution is 2.23. The number of aromatic nitrogens is 2. The summed E-state index contributed by atoms with van der Waals surface area (Å²) in [7, 11) is 0. The fraction of sp³-hybridized carbons (Fsp3) is 0.333. The molecular weight excluding hydrogens is 291 g/mol. The predicted molar refractivity (Wildman–Crippen MR) is 76.0 cm³/mol. The van der Waals surface area contributed by atoms with E-state index in [1.807, 2.05) is 26.0 Å². The maximum atomic E-state index is 12.0. The molecule has 0 amide bonds. The predicted octanol–water partition coefficient (Wildman–Crippen LogP) is 3.78. The van der Waals surface area contributed by atoms with Crippen molar-refractivity contribution >= 4 is 34.5 Å². The van der Waals surface area contributed by atoms with Crippen molar-refractivity contribution in [3.8, 4) is 0 Å². The van der Waals surface area contributed by atoms with Gasteiger partial charge < -0.3 is 0 Å². The van der Waals surface area contributed by atoms with E-state index < -0.39 is 0 Å². The topological polar surface area (TPSA) is 34.9 Å². The second kappa shape index (κ2) is 5.43. The highest BCUT2D eigenvalue weighted by Gasteiger charge is 2.12. The summed E-state index contributed by atoms with van der Waals surface area (Å²) in [6.07, 6.45) is 0. The van der Waals surface area contributed by atoms with Gasteiger partial charge in [0.15, 0.2) is 0 Å². The zero-order valence-electron chi connectivity index (χ0n) is 9.98. The SMILES string of the molecule is CC(C)c1nc(Cl)cc(=O)n1Cc1ccc(Cl)s1. The Morgan fingerprint density at radius 3 is 2.67 bits per heavy atom. The van der Waals surface area contributed by atoms with Gasteiger partial charge in [0, 0.05) is 16.9 Å². The molecule has 2 heterocycles. The van der Waals surface area contributed by atoms with Gasteiger partial charge in [-0.05, 0) is 12.1 Å². The molecule has 2 aromatic rings. The standard InChI is InChI=1S/C12H12Cl2N2OS/c1-7(2)12-15-9(13)5-11(17)16(12)6-8-3-4-10(14)18-8/h3-5,7H,6H2,1-2H3. The first-order valence-electron chi connectivity index (χ1n) is 5.49. The third kappa shape index (κ3) is 2.94. The van der Waals surface area contributed by atoms with E-state index in [2.05, 4.69) is 4.98 Å². The normalized spacial score (nSPS) is 11.2. The van der Waals surface area contributed by atoms with E-state index in [9.17, 15) is 4.79 Å². The van der Waals surface area contributed by atoms with E-state index >= 15 is 0 Å². The van der Waals surface area contributed by atoms with Gasteiger partial charge >= 0.3 is 0 Å². The average Bonchev–Trinajstić information content (AvgIpc) is 2.67. The zero-order chi connectivity index (χ0) is 13.3. The number of thiophene rings is 1. The molecular formula is C12H12Cl2N2OS. The van der Waals surface area contributed by atoms with Gasteiger partial charge in [-0.2, -0.15) is 0 Å². The first-order chi connectivity index (χ1) is 8.47. The molecule has 2 aromatic heterocycles. The van der Waals surface area contributed by atoms with Gasteiger partial charge in [0.25, 0.3) is 5.56 Å². The average molecular weight is 303 g/mol. The third-order valence-electron chi connectivity index (χ3n) is 2.47. The quantitative estimate of drug-likeness (QED) is 0.809. The van der Waals surface area contributed by atoms with Gasteiger partial charge in [0.05, 0.1) is 10.9 Å². The minimum Gasteiger partial charge on any atom is -0.291 e. The molecule has 0 bridgehead atoms. The Kier molecular flexibility index (Phi) is 4.10. The number of hydrogen-bond acceptors (Lipinski definition) is 3. The van der Waals surface area contributed by atoms with Gasteiger partial charge in [-0.15, -0.1) is 11.3 Å². The molecule has 0 aromatic carbocycles. The van der Waals surface area contributed by atoms with E-state index in [1.54, 1.807) is 4.57 Å². The van der Waals surface area contributed by atoms with Crippen molar-refractivity contribution in [3.63, 3.8) is 0 Å². The van der Waals surface area contributed by atoms with Gasteiger partial charge in [-0.25, -0.2) is 4.98 Å². The lowest BCUT2D eigenvalue weighted by atomic mass is 10.2. The Balaban J connectivity index is 2.46. The van der Waals surface area contributed by atoms with Crippen LogP contribution < -0.4 is 5.56 Å². The Bertz CT molecular complexity index is 619. The van der Waals surface area contributed by atoms with Crippen LogP contribution >= 0.6 is 34.5 Å². The maximum Gasteiger partial charge on any atom is 0.255 e. The summed E-state index contributed by atoms with van der Waals surface area (Å²) in [4.78, 5) is 17.2. The summed E-state index contributed by atoms with van der Waals surface area (Å²) in [5.41, 5.74) is -0.136. The fourth-order valence-corrected chi connectivity index (χ4v) is 2.94. The Hall–Kier alpha value is -0.840. The van der Waals surface area contributed by atoms with Crippen LogP contribution in [0.2, 0.25) is 9.49 Å². The lowest BCUT2D eigenvalue weighted by Crippen LogP contribution is -2.25. The summed E-state index contributed by atoms with van der Waals surface area (Å²) >= 11 is 13.2. The molecule has 0 aliphatic heterocycles. The second-order valence-electron chi connectivity index (χ2n) is 4.22. The molecule has 0 spiro atoms. The van der Waals surface area contributed by atoms with E-state index in [4.69, 9.17) is 23.2 Å². The van der Waals surface area contributed by atoms with Gasteiger partial charge in [-0.3, -0.25) is 9.36 Å². The van der Waals surface area contributed by atoms with E-state index in [1.165, 1.54) is 17.4 Å². The van der Waals surface area contributed by atoms with Crippen LogP contribution in [0.5, 0.6) is 0 Å². The Morgan fingerprint density at radius 2 is 2.11 bits per heavy atom. The summed E-state index contributed by atoms with van der Waals surface area (Å²) in [5, 5.41) is 0.240. The van der Waals surface area contributed by atoms with Crippen LogP contribution in [-0.4, -0.2) is 9.55 Å². The van der Waals surface area contributed by atoms with Crippen molar-refractivity contribution in [1.29, 1.82) is 0 Å². The number of rotatable bonds is 3. The van der Waals surface area contributed by atoms with Gasteiger partial charge in [-0.1, -0.05) is 37.0 Å². The van der Waals surface area contributed by atoms with Crippen molar-refractivity contribution in [1.82, 2.24) is 9.55 Å². The van der Waals surface area contributed by atoms with Crippen molar-refractivity contribution < 1.29 is 0 Å². The van der Waals surface area contributed by atoms with Gasteiger partial charge in [0.2, 0.25) is 0 Å². The first-order valence-corrected chi connectivity index (χ1v) is 7.06. The monoisotopic (exact) mass is 302 g/mol. The van der Waals surface area contributed by atoms with Crippen molar-refractivity contribution in [2.24, 2.45) is 0 Å². The molecule has 0 aliphatic rings. The van der Waals surface area contributed by atoms with Crippen molar-refractivity contribution in [3.05, 3.63) is 48.7 Å². The summed E-state index contributed by atoms with van der Waals surface area (Å²) < 4.78 is 2.35. The molecule has 18 heavy (non-hydrogen) atoms.